The van der Waals surface area contributed by atoms with Crippen molar-refractivity contribution in [3.8, 4) is 0 Å². The van der Waals surface area contributed by atoms with Gasteiger partial charge in [0.05, 0.1) is 19.8 Å². The van der Waals surface area contributed by atoms with E-state index in [0.717, 1.165) is 0 Å². The topological polar surface area (TPSA) is 86.6 Å². The van der Waals surface area contributed by atoms with E-state index in [1.54, 1.807) is 0 Å². The zero-order valence-electron chi connectivity index (χ0n) is 10.9. The highest BCUT2D eigenvalue weighted by atomic mass is 16.5. The lowest BCUT2D eigenvalue weighted by molar-refractivity contribution is 0.0544. The number of hydrogen-bond acceptors (Lipinski definition) is 5. The Labute approximate surface area is 109 Å². The molecule has 7 heteroatoms. The molecular weight excluding hydrogens is 252 g/mol. The van der Waals surface area contributed by atoms with E-state index in [1.807, 2.05) is 6.92 Å². The highest BCUT2D eigenvalue weighted by molar-refractivity contribution is 6.06. The molecule has 0 spiro atoms. The van der Waals surface area contributed by atoms with Crippen LogP contribution in [0, 0.1) is 0 Å². The number of fused-ring (bicyclic) bond motifs is 1. The Morgan fingerprint density at radius 3 is 2.53 bits per heavy atom. The average Bonchev–Trinajstić information content (AvgIpc) is 2.82. The van der Waals surface area contributed by atoms with E-state index in [1.165, 1.54) is 24.9 Å². The fourth-order valence-corrected chi connectivity index (χ4v) is 2.15. The minimum Gasteiger partial charge on any atom is -0.465 e. The van der Waals surface area contributed by atoms with Gasteiger partial charge in [-0.3, -0.25) is 4.79 Å². The number of hydrogen-bond donors (Lipinski definition) is 1. The van der Waals surface area contributed by atoms with Crippen molar-refractivity contribution in [2.24, 2.45) is 0 Å². The molecule has 1 aromatic rings. The van der Waals surface area contributed by atoms with Gasteiger partial charge >= 0.3 is 11.9 Å². The number of amides is 1. The van der Waals surface area contributed by atoms with Gasteiger partial charge in [0.25, 0.3) is 5.91 Å². The van der Waals surface area contributed by atoms with Crippen LogP contribution in [0.15, 0.2) is 6.07 Å². The summed E-state index contributed by atoms with van der Waals surface area (Å²) in [5, 5.41) is 2.68. The molecule has 2 heterocycles. The standard InChI is InChI=1S/C12H14N2O5/c1-6-5-13-10(15)8-4-7(11(16)18-2)9(14(6)8)12(17)19-3/h4,6H,5H2,1-3H3,(H,13,15). The molecule has 1 aliphatic rings. The summed E-state index contributed by atoms with van der Waals surface area (Å²) in [6.07, 6.45) is 0. The summed E-state index contributed by atoms with van der Waals surface area (Å²) in [4.78, 5) is 35.4. The van der Waals surface area contributed by atoms with Gasteiger partial charge in [-0.25, -0.2) is 9.59 Å². The maximum atomic E-state index is 11.9. The van der Waals surface area contributed by atoms with Crippen LogP contribution in [-0.4, -0.2) is 43.2 Å². The Hall–Kier alpha value is -2.31. The van der Waals surface area contributed by atoms with Gasteiger partial charge in [-0.15, -0.1) is 0 Å². The molecule has 0 bridgehead atoms. The second-order valence-electron chi connectivity index (χ2n) is 4.20. The Morgan fingerprint density at radius 1 is 1.32 bits per heavy atom. The van der Waals surface area contributed by atoms with Gasteiger partial charge in [0.2, 0.25) is 0 Å². The van der Waals surface area contributed by atoms with Crippen LogP contribution in [0.2, 0.25) is 0 Å². The second kappa shape index (κ2) is 4.75. The number of nitrogens with zero attached hydrogens (tertiary/aromatic N) is 1. The predicted octanol–water partition coefficient (Wildman–Crippen LogP) is 0.366. The zero-order chi connectivity index (χ0) is 14.2. The van der Waals surface area contributed by atoms with E-state index in [-0.39, 0.29) is 28.9 Å². The van der Waals surface area contributed by atoms with Gasteiger partial charge in [0.1, 0.15) is 11.4 Å². The van der Waals surface area contributed by atoms with Crippen LogP contribution in [0.3, 0.4) is 0 Å². The summed E-state index contributed by atoms with van der Waals surface area (Å²) in [6.45, 7) is 2.21. The number of carbonyl (C=O) groups is 3. The van der Waals surface area contributed by atoms with Crippen molar-refractivity contribution in [1.82, 2.24) is 9.88 Å². The van der Waals surface area contributed by atoms with Gasteiger partial charge in [-0.05, 0) is 13.0 Å². The van der Waals surface area contributed by atoms with E-state index in [0.29, 0.717) is 6.54 Å². The molecule has 0 saturated heterocycles. The quantitative estimate of drug-likeness (QED) is 0.781. The van der Waals surface area contributed by atoms with Crippen molar-refractivity contribution in [1.29, 1.82) is 0 Å². The van der Waals surface area contributed by atoms with Crippen LogP contribution in [-0.2, 0) is 9.47 Å². The van der Waals surface area contributed by atoms with Crippen LogP contribution >= 0.6 is 0 Å². The fraction of sp³-hybridized carbons (Fsp3) is 0.417. The van der Waals surface area contributed by atoms with Crippen LogP contribution < -0.4 is 5.32 Å². The summed E-state index contributed by atoms with van der Waals surface area (Å²) >= 11 is 0. The van der Waals surface area contributed by atoms with E-state index in [9.17, 15) is 14.4 Å². The van der Waals surface area contributed by atoms with Gasteiger partial charge < -0.3 is 19.4 Å². The molecule has 1 amide bonds. The molecule has 0 radical (unpaired) electrons. The predicted molar refractivity (Wildman–Crippen MR) is 64.2 cm³/mol. The smallest absolute Gasteiger partial charge is 0.355 e. The lowest BCUT2D eigenvalue weighted by atomic mass is 10.2. The largest absolute Gasteiger partial charge is 0.465 e. The molecule has 1 N–H and O–H groups in total. The molecule has 1 aliphatic heterocycles. The van der Waals surface area contributed by atoms with Gasteiger partial charge in [-0.2, -0.15) is 0 Å². The molecule has 0 aliphatic carbocycles. The molecule has 0 aromatic carbocycles. The van der Waals surface area contributed by atoms with Crippen molar-refractivity contribution >= 4 is 17.8 Å². The van der Waals surface area contributed by atoms with E-state index >= 15 is 0 Å². The molecule has 7 nitrogen and oxygen atoms in total. The molecule has 1 aromatic heterocycles. The Balaban J connectivity index is 2.69. The maximum Gasteiger partial charge on any atom is 0.355 e. The summed E-state index contributed by atoms with van der Waals surface area (Å²) < 4.78 is 10.8. The van der Waals surface area contributed by atoms with Crippen LogP contribution in [0.1, 0.15) is 44.3 Å². The number of methoxy groups -OCH3 is 2. The van der Waals surface area contributed by atoms with Gasteiger partial charge in [0, 0.05) is 12.6 Å². The van der Waals surface area contributed by atoms with Crippen molar-refractivity contribution < 1.29 is 23.9 Å². The number of rotatable bonds is 2. The Morgan fingerprint density at radius 2 is 1.95 bits per heavy atom. The number of nitrogens with one attached hydrogen (secondary N) is 1. The van der Waals surface area contributed by atoms with Gasteiger partial charge in [0.15, 0.2) is 0 Å². The average molecular weight is 266 g/mol. The van der Waals surface area contributed by atoms with Crippen LogP contribution in [0.25, 0.3) is 0 Å². The van der Waals surface area contributed by atoms with E-state index in [2.05, 4.69) is 14.8 Å². The Bertz CT molecular complexity index is 561. The van der Waals surface area contributed by atoms with E-state index < -0.39 is 11.9 Å². The first kappa shape index (κ1) is 13.1. The minimum atomic E-state index is -0.678. The summed E-state index contributed by atoms with van der Waals surface area (Å²) in [7, 11) is 2.43. The van der Waals surface area contributed by atoms with E-state index in [4.69, 9.17) is 0 Å². The molecule has 102 valence electrons. The molecule has 1 atom stereocenters. The SMILES string of the molecule is COC(=O)c1cc2n(c1C(=O)OC)C(C)CNC2=O. The zero-order valence-corrected chi connectivity index (χ0v) is 10.9. The summed E-state index contributed by atoms with van der Waals surface area (Å²) in [5.41, 5.74) is 0.333. The molecule has 0 fully saturated rings. The number of esters is 2. The first-order valence-corrected chi connectivity index (χ1v) is 5.71. The molecular formula is C12H14N2O5. The first-order valence-electron chi connectivity index (χ1n) is 5.71. The molecule has 2 rings (SSSR count). The molecule has 1 unspecified atom stereocenters. The first-order chi connectivity index (χ1) is 9.01. The molecule has 19 heavy (non-hydrogen) atoms. The fourth-order valence-electron chi connectivity index (χ4n) is 2.15. The third-order valence-corrected chi connectivity index (χ3v) is 3.05. The number of aromatic nitrogens is 1. The summed E-state index contributed by atoms with van der Waals surface area (Å²) in [6, 6.07) is 1.20. The van der Waals surface area contributed by atoms with Crippen molar-refractivity contribution in [3.63, 3.8) is 0 Å². The lowest BCUT2D eigenvalue weighted by Gasteiger charge is -2.24. The Kier molecular flexibility index (Phi) is 3.28. The maximum absolute atomic E-state index is 11.9. The lowest BCUT2D eigenvalue weighted by Crippen LogP contribution is -2.38. The third-order valence-electron chi connectivity index (χ3n) is 3.05. The summed E-state index contributed by atoms with van der Waals surface area (Å²) in [5.74, 6) is -1.69. The normalized spacial score (nSPS) is 17.4. The van der Waals surface area contributed by atoms with Crippen molar-refractivity contribution in [3.05, 3.63) is 23.0 Å². The highest BCUT2D eigenvalue weighted by Gasteiger charge is 2.33. The minimum absolute atomic E-state index is 0.0354. The highest BCUT2D eigenvalue weighted by Crippen LogP contribution is 2.25. The second-order valence-corrected chi connectivity index (χ2v) is 4.20. The van der Waals surface area contributed by atoms with Crippen molar-refractivity contribution in [2.75, 3.05) is 20.8 Å². The third kappa shape index (κ3) is 1.96. The van der Waals surface area contributed by atoms with Crippen LogP contribution in [0.5, 0.6) is 0 Å². The number of ether oxygens (including phenoxy) is 2. The monoisotopic (exact) mass is 266 g/mol. The molecule has 0 saturated carbocycles. The van der Waals surface area contributed by atoms with Gasteiger partial charge in [-0.1, -0.05) is 0 Å². The van der Waals surface area contributed by atoms with Crippen molar-refractivity contribution in [2.45, 2.75) is 13.0 Å². The number of carbonyl (C=O) groups excluding carboxylic acids is 3. The van der Waals surface area contributed by atoms with Crippen LogP contribution in [0.4, 0.5) is 0 Å².